The summed E-state index contributed by atoms with van der Waals surface area (Å²) >= 11 is 0. The first-order chi connectivity index (χ1) is 9.70. The summed E-state index contributed by atoms with van der Waals surface area (Å²) in [4.78, 5) is 6.61. The molecule has 6 heteroatoms. The smallest absolute Gasteiger partial charge is 0.181 e. The maximum atomic E-state index is 5.74. The summed E-state index contributed by atoms with van der Waals surface area (Å²) in [5.41, 5.74) is 7.39. The largest absolute Gasteiger partial charge is 0.399 e. The lowest BCUT2D eigenvalue weighted by atomic mass is 10.2. The van der Waals surface area contributed by atoms with Crippen LogP contribution in [0.1, 0.15) is 0 Å². The number of hydrogen-bond donors (Lipinski definition) is 1. The van der Waals surface area contributed by atoms with Gasteiger partial charge in [-0.2, -0.15) is 5.10 Å². The molecule has 1 aromatic heterocycles. The summed E-state index contributed by atoms with van der Waals surface area (Å²) in [7, 11) is 2.11. The van der Waals surface area contributed by atoms with Gasteiger partial charge in [-0.3, -0.25) is 0 Å². The molecule has 6 nitrogen and oxygen atoms in total. The number of rotatable bonds is 3. The molecule has 1 fully saturated rings. The molecule has 2 aromatic rings. The van der Waals surface area contributed by atoms with Crippen molar-refractivity contribution >= 4 is 5.69 Å². The van der Waals surface area contributed by atoms with Crippen molar-refractivity contribution < 1.29 is 4.74 Å². The molecule has 1 unspecified atom stereocenters. The van der Waals surface area contributed by atoms with E-state index in [1.165, 1.54) is 0 Å². The minimum absolute atomic E-state index is 0.176. The van der Waals surface area contributed by atoms with E-state index in [0.29, 0.717) is 5.82 Å². The fraction of sp³-hybridized carbons (Fsp3) is 0.429. The summed E-state index contributed by atoms with van der Waals surface area (Å²) in [5.74, 6) is 0.717. The number of aromatic nitrogens is 3. The monoisotopic (exact) mass is 273 g/mol. The van der Waals surface area contributed by atoms with E-state index in [0.717, 1.165) is 37.5 Å². The molecule has 0 spiro atoms. The van der Waals surface area contributed by atoms with Gasteiger partial charge in [0.25, 0.3) is 0 Å². The van der Waals surface area contributed by atoms with Crippen molar-refractivity contribution in [2.75, 3.05) is 32.5 Å². The van der Waals surface area contributed by atoms with Gasteiger partial charge in [0.2, 0.25) is 0 Å². The van der Waals surface area contributed by atoms with Gasteiger partial charge in [0, 0.05) is 24.3 Å². The minimum atomic E-state index is 0.176. The van der Waals surface area contributed by atoms with E-state index in [-0.39, 0.29) is 6.10 Å². The van der Waals surface area contributed by atoms with Gasteiger partial charge in [0.1, 0.15) is 6.33 Å². The summed E-state index contributed by atoms with van der Waals surface area (Å²) in [6.45, 7) is 3.43. The topological polar surface area (TPSA) is 69.2 Å². The highest BCUT2D eigenvalue weighted by Crippen LogP contribution is 2.16. The highest BCUT2D eigenvalue weighted by molar-refractivity contribution is 5.57. The van der Waals surface area contributed by atoms with Crippen LogP contribution in [0.25, 0.3) is 11.4 Å². The molecule has 3 rings (SSSR count). The van der Waals surface area contributed by atoms with Gasteiger partial charge >= 0.3 is 0 Å². The second-order valence-corrected chi connectivity index (χ2v) is 5.17. The molecule has 1 aliphatic rings. The van der Waals surface area contributed by atoms with E-state index < -0.39 is 0 Å². The van der Waals surface area contributed by atoms with Crippen molar-refractivity contribution in [2.45, 2.75) is 12.6 Å². The normalized spacial score (nSPS) is 20.1. The predicted octanol–water partition coefficient (Wildman–Crippen LogP) is 0.858. The Hall–Kier alpha value is -1.92. The number of ether oxygens (including phenoxy) is 1. The predicted molar refractivity (Wildman–Crippen MR) is 77.1 cm³/mol. The number of nitrogens with two attached hydrogens (primary N) is 1. The molecule has 20 heavy (non-hydrogen) atoms. The second kappa shape index (κ2) is 5.60. The average Bonchev–Trinajstić information content (AvgIpc) is 2.88. The van der Waals surface area contributed by atoms with Crippen molar-refractivity contribution in [1.29, 1.82) is 0 Å². The maximum Gasteiger partial charge on any atom is 0.181 e. The fourth-order valence-electron chi connectivity index (χ4n) is 2.33. The Balaban J connectivity index is 1.69. The molecule has 0 aliphatic carbocycles. The molecule has 0 saturated carbocycles. The summed E-state index contributed by atoms with van der Waals surface area (Å²) in [6.07, 6.45) is 1.93. The molecule has 2 N–H and O–H groups in total. The van der Waals surface area contributed by atoms with E-state index in [2.05, 4.69) is 22.0 Å². The second-order valence-electron chi connectivity index (χ2n) is 5.17. The molecule has 0 radical (unpaired) electrons. The standard InChI is InChI=1S/C14H19N5O/c1-18-6-7-20-13(8-18)9-19-10-16-14(17-19)11-2-4-12(15)5-3-11/h2-5,10,13H,6-9,15H2,1H3. The fourth-order valence-corrected chi connectivity index (χ4v) is 2.33. The Morgan fingerprint density at radius 2 is 2.15 bits per heavy atom. The van der Waals surface area contributed by atoms with Crippen molar-refractivity contribution in [2.24, 2.45) is 0 Å². The van der Waals surface area contributed by atoms with E-state index in [9.17, 15) is 0 Å². The molecule has 1 atom stereocenters. The summed E-state index contributed by atoms with van der Waals surface area (Å²) < 4.78 is 7.58. The van der Waals surface area contributed by atoms with Crippen molar-refractivity contribution in [3.63, 3.8) is 0 Å². The van der Waals surface area contributed by atoms with Crippen molar-refractivity contribution in [3.8, 4) is 11.4 Å². The van der Waals surface area contributed by atoms with E-state index in [4.69, 9.17) is 10.5 Å². The van der Waals surface area contributed by atoms with Gasteiger partial charge in [-0.15, -0.1) is 0 Å². The Bertz CT molecular complexity index is 565. The number of nitrogen functional groups attached to an aromatic ring is 1. The number of morpholine rings is 1. The number of nitrogens with zero attached hydrogens (tertiary/aromatic N) is 4. The van der Waals surface area contributed by atoms with Gasteiger partial charge < -0.3 is 15.4 Å². The molecule has 106 valence electrons. The SMILES string of the molecule is CN1CCOC(Cn2cnc(-c3ccc(N)cc3)n2)C1. The lowest BCUT2D eigenvalue weighted by molar-refractivity contribution is -0.0290. The van der Waals surface area contributed by atoms with Gasteiger partial charge in [-0.25, -0.2) is 9.67 Å². The summed E-state index contributed by atoms with van der Waals surface area (Å²) in [5, 5.41) is 4.50. The number of benzene rings is 1. The van der Waals surface area contributed by atoms with Crippen LogP contribution in [0.15, 0.2) is 30.6 Å². The van der Waals surface area contributed by atoms with Crippen LogP contribution in [0.3, 0.4) is 0 Å². The Kier molecular flexibility index (Phi) is 3.66. The van der Waals surface area contributed by atoms with Crippen LogP contribution < -0.4 is 5.73 Å². The quantitative estimate of drug-likeness (QED) is 0.840. The lowest BCUT2D eigenvalue weighted by Gasteiger charge is -2.29. The zero-order valence-electron chi connectivity index (χ0n) is 11.6. The lowest BCUT2D eigenvalue weighted by Crippen LogP contribution is -2.42. The van der Waals surface area contributed by atoms with Crippen molar-refractivity contribution in [3.05, 3.63) is 30.6 Å². The van der Waals surface area contributed by atoms with Gasteiger partial charge in [0.15, 0.2) is 5.82 Å². The Labute approximate surface area is 118 Å². The molecular weight excluding hydrogens is 254 g/mol. The van der Waals surface area contributed by atoms with Crippen LogP contribution in [-0.4, -0.2) is 52.5 Å². The molecule has 2 heterocycles. The number of hydrogen-bond acceptors (Lipinski definition) is 5. The third-order valence-electron chi connectivity index (χ3n) is 3.44. The molecule has 1 saturated heterocycles. The third-order valence-corrected chi connectivity index (χ3v) is 3.44. The highest BCUT2D eigenvalue weighted by atomic mass is 16.5. The van der Waals surface area contributed by atoms with Gasteiger partial charge in [0.05, 0.1) is 19.3 Å². The first-order valence-corrected chi connectivity index (χ1v) is 6.76. The van der Waals surface area contributed by atoms with Crippen LogP contribution in [0.4, 0.5) is 5.69 Å². The van der Waals surface area contributed by atoms with Gasteiger partial charge in [-0.1, -0.05) is 0 Å². The van der Waals surface area contributed by atoms with E-state index in [1.54, 1.807) is 6.33 Å². The van der Waals surface area contributed by atoms with Crippen LogP contribution in [0, 0.1) is 0 Å². The Morgan fingerprint density at radius 1 is 1.35 bits per heavy atom. The molecular formula is C14H19N5O. The molecule has 0 bridgehead atoms. The Morgan fingerprint density at radius 3 is 2.90 bits per heavy atom. The maximum absolute atomic E-state index is 5.74. The molecule has 1 aromatic carbocycles. The first kappa shape index (κ1) is 13.1. The van der Waals surface area contributed by atoms with E-state index in [1.807, 2.05) is 28.9 Å². The number of likely N-dealkylation sites (N-methyl/N-ethyl adjacent to an activating group) is 1. The van der Waals surface area contributed by atoms with Gasteiger partial charge in [-0.05, 0) is 31.3 Å². The highest BCUT2D eigenvalue weighted by Gasteiger charge is 2.18. The van der Waals surface area contributed by atoms with Crippen LogP contribution in [0.5, 0.6) is 0 Å². The van der Waals surface area contributed by atoms with E-state index >= 15 is 0 Å². The molecule has 0 amide bonds. The average molecular weight is 273 g/mol. The van der Waals surface area contributed by atoms with Crippen LogP contribution in [0.2, 0.25) is 0 Å². The van der Waals surface area contributed by atoms with Crippen LogP contribution >= 0.6 is 0 Å². The zero-order valence-corrected chi connectivity index (χ0v) is 11.6. The zero-order chi connectivity index (χ0) is 13.9. The number of anilines is 1. The first-order valence-electron chi connectivity index (χ1n) is 6.76. The third kappa shape index (κ3) is 2.97. The van der Waals surface area contributed by atoms with Crippen LogP contribution in [-0.2, 0) is 11.3 Å². The molecule has 1 aliphatic heterocycles. The minimum Gasteiger partial charge on any atom is -0.399 e. The van der Waals surface area contributed by atoms with Crippen molar-refractivity contribution in [1.82, 2.24) is 19.7 Å². The summed E-state index contributed by atoms with van der Waals surface area (Å²) in [6, 6.07) is 7.57.